The van der Waals surface area contributed by atoms with Crippen LogP contribution in [0.4, 0.5) is 0 Å². The van der Waals surface area contributed by atoms with E-state index in [0.717, 1.165) is 0 Å². The smallest absolute Gasteiger partial charge is 0.300 e. The molecule has 0 spiro atoms. The van der Waals surface area contributed by atoms with Crippen molar-refractivity contribution in [1.29, 1.82) is 0 Å². The summed E-state index contributed by atoms with van der Waals surface area (Å²) in [4.78, 5) is 0. The fraction of sp³-hybridized carbons (Fsp3) is 1.00. The van der Waals surface area contributed by atoms with Crippen molar-refractivity contribution in [2.45, 2.75) is 20.0 Å². The van der Waals surface area contributed by atoms with E-state index in [1.807, 2.05) is 0 Å². The Hall–Kier alpha value is 0.110. The lowest BCUT2D eigenvalue weighted by atomic mass is 10.5. The van der Waals surface area contributed by atoms with Crippen molar-refractivity contribution in [1.82, 2.24) is 5.09 Å². The molecule has 0 amide bonds. The zero-order valence-corrected chi connectivity index (χ0v) is 7.64. The maximum absolute atomic E-state index is 11.2. The van der Waals surface area contributed by atoms with Gasteiger partial charge in [-0.15, -0.1) is 0 Å². The molecule has 0 radical (unpaired) electrons. The second-order valence-corrected chi connectivity index (χ2v) is 4.08. The summed E-state index contributed by atoms with van der Waals surface area (Å²) < 4.78 is 20.8. The van der Waals surface area contributed by atoms with E-state index < -0.39 is 7.75 Å². The minimum Gasteiger partial charge on any atom is -0.300 e. The molecule has 0 saturated carbocycles. The monoisotopic (exact) mass is 167 g/mol. The van der Waals surface area contributed by atoms with E-state index in [1.165, 1.54) is 14.2 Å². The minimum absolute atomic E-state index is 0.0989. The van der Waals surface area contributed by atoms with Crippen LogP contribution in [0.1, 0.15) is 13.8 Å². The Bertz CT molecular complexity index is 129. The fourth-order valence-electron chi connectivity index (χ4n) is 0.465. The van der Waals surface area contributed by atoms with Crippen LogP contribution in [0, 0.1) is 0 Å². The molecule has 1 unspecified atom stereocenters. The Balaban J connectivity index is 3.94. The van der Waals surface area contributed by atoms with E-state index in [0.29, 0.717) is 0 Å². The molecule has 0 bridgehead atoms. The first-order chi connectivity index (χ1) is 4.54. The molecule has 62 valence electrons. The number of rotatable bonds is 4. The lowest BCUT2D eigenvalue weighted by molar-refractivity contribution is 0.182. The van der Waals surface area contributed by atoms with Crippen LogP contribution in [0.2, 0.25) is 0 Å². The molecule has 0 aliphatic carbocycles. The summed E-state index contributed by atoms with van der Waals surface area (Å²) in [7, 11) is -0.106. The summed E-state index contributed by atoms with van der Waals surface area (Å²) in [5.41, 5.74) is 0. The number of hydrogen-bond acceptors (Lipinski definition) is 3. The zero-order valence-electron chi connectivity index (χ0n) is 6.75. The molecule has 0 fully saturated rings. The van der Waals surface area contributed by atoms with Crippen LogP contribution in [0.5, 0.6) is 0 Å². The van der Waals surface area contributed by atoms with E-state index in [-0.39, 0.29) is 6.10 Å². The quantitative estimate of drug-likeness (QED) is 0.642. The largest absolute Gasteiger partial charge is 0.405 e. The first-order valence-corrected chi connectivity index (χ1v) is 4.61. The van der Waals surface area contributed by atoms with Crippen molar-refractivity contribution in [2.75, 3.05) is 14.2 Å². The first kappa shape index (κ1) is 10.1. The van der Waals surface area contributed by atoms with E-state index in [2.05, 4.69) is 9.61 Å². The maximum Gasteiger partial charge on any atom is 0.405 e. The molecule has 0 heterocycles. The predicted molar refractivity (Wildman–Crippen MR) is 39.9 cm³/mol. The molecule has 4 nitrogen and oxygen atoms in total. The van der Waals surface area contributed by atoms with Crippen molar-refractivity contribution < 1.29 is 13.6 Å². The van der Waals surface area contributed by atoms with Crippen LogP contribution in [-0.4, -0.2) is 20.3 Å². The molecule has 10 heavy (non-hydrogen) atoms. The molecule has 0 rings (SSSR count). The van der Waals surface area contributed by atoms with Crippen LogP contribution < -0.4 is 5.09 Å². The Labute approximate surface area is 61.5 Å². The highest BCUT2D eigenvalue weighted by atomic mass is 31.2. The average Bonchev–Trinajstić information content (AvgIpc) is 1.87. The van der Waals surface area contributed by atoms with Gasteiger partial charge < -0.3 is 4.52 Å². The van der Waals surface area contributed by atoms with E-state index in [4.69, 9.17) is 4.52 Å². The fourth-order valence-corrected chi connectivity index (χ4v) is 1.39. The van der Waals surface area contributed by atoms with Gasteiger partial charge in [0.15, 0.2) is 0 Å². The Morgan fingerprint density at radius 3 is 2.10 bits per heavy atom. The maximum atomic E-state index is 11.2. The highest BCUT2D eigenvalue weighted by Gasteiger charge is 2.20. The van der Waals surface area contributed by atoms with Gasteiger partial charge in [-0.2, -0.15) is 0 Å². The van der Waals surface area contributed by atoms with Gasteiger partial charge >= 0.3 is 7.75 Å². The second kappa shape index (κ2) is 4.09. The summed E-state index contributed by atoms with van der Waals surface area (Å²) in [6, 6.07) is 0. The molecule has 0 aliphatic heterocycles. The van der Waals surface area contributed by atoms with E-state index in [9.17, 15) is 4.57 Å². The standard InChI is InChI=1S/C5H14NO3P/c1-5(2)9-10(7,6-3)8-4/h5H,1-4H3,(H,6,7). The van der Waals surface area contributed by atoms with Crippen molar-refractivity contribution in [3.63, 3.8) is 0 Å². The molecule has 5 heteroatoms. The molecule has 1 atom stereocenters. The van der Waals surface area contributed by atoms with Crippen LogP contribution in [-0.2, 0) is 13.6 Å². The summed E-state index contributed by atoms with van der Waals surface area (Å²) in [6.07, 6.45) is -0.0989. The number of hydrogen-bond donors (Lipinski definition) is 1. The van der Waals surface area contributed by atoms with Crippen LogP contribution in [0.15, 0.2) is 0 Å². The summed E-state index contributed by atoms with van der Waals surface area (Å²) >= 11 is 0. The van der Waals surface area contributed by atoms with Crippen molar-refractivity contribution in [3.8, 4) is 0 Å². The van der Waals surface area contributed by atoms with Gasteiger partial charge in [-0.1, -0.05) is 0 Å². The van der Waals surface area contributed by atoms with Gasteiger partial charge in [-0.25, -0.2) is 9.65 Å². The molecule has 0 aromatic carbocycles. The normalized spacial score (nSPS) is 17.3. The Kier molecular flexibility index (Phi) is 4.13. The molecule has 0 aromatic heterocycles. The number of nitrogens with one attached hydrogen (secondary N) is 1. The lowest BCUT2D eigenvalue weighted by Crippen LogP contribution is -2.11. The van der Waals surface area contributed by atoms with Gasteiger partial charge in [0, 0.05) is 7.11 Å². The Morgan fingerprint density at radius 1 is 1.50 bits per heavy atom. The van der Waals surface area contributed by atoms with Crippen molar-refractivity contribution in [3.05, 3.63) is 0 Å². The Morgan fingerprint density at radius 2 is 2.00 bits per heavy atom. The first-order valence-electron chi connectivity index (χ1n) is 3.07. The molecule has 0 aliphatic rings. The van der Waals surface area contributed by atoms with Crippen LogP contribution in [0.3, 0.4) is 0 Å². The van der Waals surface area contributed by atoms with Gasteiger partial charge in [-0.05, 0) is 20.9 Å². The highest BCUT2D eigenvalue weighted by Crippen LogP contribution is 2.42. The molecular weight excluding hydrogens is 153 g/mol. The third-order valence-electron chi connectivity index (χ3n) is 0.864. The SMILES string of the molecule is CNP(=O)(OC)OC(C)C. The van der Waals surface area contributed by atoms with E-state index in [1.54, 1.807) is 13.8 Å². The van der Waals surface area contributed by atoms with Gasteiger partial charge in [0.25, 0.3) is 0 Å². The average molecular weight is 167 g/mol. The van der Waals surface area contributed by atoms with Crippen molar-refractivity contribution >= 4 is 7.75 Å². The van der Waals surface area contributed by atoms with Crippen molar-refractivity contribution in [2.24, 2.45) is 0 Å². The summed E-state index contributed by atoms with van der Waals surface area (Å²) in [5.74, 6) is 0. The van der Waals surface area contributed by atoms with Gasteiger partial charge in [-0.3, -0.25) is 4.52 Å². The third-order valence-corrected chi connectivity index (χ3v) is 2.59. The molecule has 0 aromatic rings. The van der Waals surface area contributed by atoms with Gasteiger partial charge in [0.2, 0.25) is 0 Å². The van der Waals surface area contributed by atoms with Crippen LogP contribution in [0.25, 0.3) is 0 Å². The zero-order chi connectivity index (χ0) is 8.20. The highest BCUT2D eigenvalue weighted by molar-refractivity contribution is 7.51. The van der Waals surface area contributed by atoms with Gasteiger partial charge in [0.1, 0.15) is 0 Å². The summed E-state index contributed by atoms with van der Waals surface area (Å²) in [6.45, 7) is 3.59. The molecular formula is C5H14NO3P. The predicted octanol–water partition coefficient (Wildman–Crippen LogP) is 1.39. The lowest BCUT2D eigenvalue weighted by Gasteiger charge is -2.16. The molecule has 1 N–H and O–H groups in total. The minimum atomic E-state index is -2.99. The third kappa shape index (κ3) is 3.32. The van der Waals surface area contributed by atoms with Crippen LogP contribution >= 0.6 is 7.75 Å². The summed E-state index contributed by atoms with van der Waals surface area (Å²) in [5, 5.41) is 2.47. The van der Waals surface area contributed by atoms with E-state index >= 15 is 0 Å². The van der Waals surface area contributed by atoms with Gasteiger partial charge in [0.05, 0.1) is 6.10 Å². The topological polar surface area (TPSA) is 47.6 Å². The molecule has 0 saturated heterocycles. The second-order valence-electron chi connectivity index (χ2n) is 2.06.